The molecule has 0 aromatic carbocycles. The first kappa shape index (κ1) is 24.3. The molecule has 0 saturated heterocycles. The zero-order chi connectivity index (χ0) is 15.5. The van der Waals surface area contributed by atoms with Crippen molar-refractivity contribution in [2.45, 2.75) is 63.6 Å². The molecule has 0 radical (unpaired) electrons. The third-order valence-electron chi connectivity index (χ3n) is 1.85. The van der Waals surface area contributed by atoms with Crippen molar-refractivity contribution in [1.29, 1.82) is 0 Å². The summed E-state index contributed by atoms with van der Waals surface area (Å²) in [6, 6.07) is 0. The molecule has 6 heteroatoms. The number of carbonyl (C=O) groups is 1. The number of aliphatic hydroxyl groups is 1. The smallest absolute Gasteiger partial charge is 0.302 e. The molecule has 1 aliphatic carbocycles. The molecule has 0 spiro atoms. The molecule has 0 aliphatic heterocycles. The van der Waals surface area contributed by atoms with Crippen molar-refractivity contribution in [3.05, 3.63) is 0 Å². The van der Waals surface area contributed by atoms with Crippen LogP contribution in [0.15, 0.2) is 0 Å². The number of ether oxygens (including phenoxy) is 1. The van der Waals surface area contributed by atoms with Gasteiger partial charge in [-0.3, -0.25) is 4.79 Å². The Morgan fingerprint density at radius 2 is 1.26 bits per heavy atom. The number of alkyl halides is 3. The SMILES string of the molecule is C1CCCCC1.CCO.CCOC(C)=O.ClC(Cl)Cl. The summed E-state index contributed by atoms with van der Waals surface area (Å²) < 4.78 is 3.65. The van der Waals surface area contributed by atoms with Crippen molar-refractivity contribution >= 4 is 40.8 Å². The van der Waals surface area contributed by atoms with Gasteiger partial charge >= 0.3 is 5.97 Å². The van der Waals surface area contributed by atoms with Gasteiger partial charge in [0.25, 0.3) is 0 Å². The number of rotatable bonds is 1. The molecular weight excluding hydrogens is 310 g/mol. The fourth-order valence-corrected chi connectivity index (χ4v) is 1.26. The molecule has 1 rings (SSSR count). The van der Waals surface area contributed by atoms with Gasteiger partial charge in [0.15, 0.2) is 4.30 Å². The van der Waals surface area contributed by atoms with Gasteiger partial charge in [-0.1, -0.05) is 73.3 Å². The van der Waals surface area contributed by atoms with Crippen LogP contribution < -0.4 is 0 Å². The van der Waals surface area contributed by atoms with E-state index in [1.165, 1.54) is 45.4 Å². The average Bonchev–Trinajstić information content (AvgIpc) is 2.32. The number of hydrogen-bond acceptors (Lipinski definition) is 3. The molecule has 0 bridgehead atoms. The second kappa shape index (κ2) is 23.4. The second-order valence-corrected chi connectivity index (χ2v) is 5.59. The molecule has 3 nitrogen and oxygen atoms in total. The number of aliphatic hydroxyl groups excluding tert-OH is 1. The van der Waals surface area contributed by atoms with E-state index in [2.05, 4.69) is 4.74 Å². The molecule has 1 saturated carbocycles. The largest absolute Gasteiger partial charge is 0.466 e. The Kier molecular flexibility index (Phi) is 30.0. The predicted molar refractivity (Wildman–Crippen MR) is 84.1 cm³/mol. The van der Waals surface area contributed by atoms with Gasteiger partial charge < -0.3 is 9.84 Å². The van der Waals surface area contributed by atoms with E-state index in [4.69, 9.17) is 39.9 Å². The Balaban J connectivity index is -0.000000187. The fourth-order valence-electron chi connectivity index (χ4n) is 1.26. The van der Waals surface area contributed by atoms with E-state index in [0.29, 0.717) is 6.61 Å². The Bertz CT molecular complexity index is 149. The van der Waals surface area contributed by atoms with Gasteiger partial charge in [-0.2, -0.15) is 0 Å². The number of hydrogen-bond donors (Lipinski definition) is 1. The van der Waals surface area contributed by atoms with E-state index in [-0.39, 0.29) is 12.6 Å². The molecule has 0 amide bonds. The maximum atomic E-state index is 9.82. The molecule has 118 valence electrons. The molecule has 0 aromatic rings. The summed E-state index contributed by atoms with van der Waals surface area (Å²) >= 11 is 14.4. The topological polar surface area (TPSA) is 46.5 Å². The summed E-state index contributed by atoms with van der Waals surface area (Å²) in [7, 11) is 0. The summed E-state index contributed by atoms with van der Waals surface area (Å²) in [4.78, 5) is 9.82. The van der Waals surface area contributed by atoms with Crippen molar-refractivity contribution in [2.24, 2.45) is 0 Å². The molecule has 1 fully saturated rings. The highest BCUT2D eigenvalue weighted by Crippen LogP contribution is 2.15. The van der Waals surface area contributed by atoms with Crippen LogP contribution in [0.25, 0.3) is 0 Å². The lowest BCUT2D eigenvalue weighted by Gasteiger charge is -2.05. The van der Waals surface area contributed by atoms with Crippen molar-refractivity contribution in [3.8, 4) is 0 Å². The van der Waals surface area contributed by atoms with Gasteiger partial charge in [0.05, 0.1) is 6.61 Å². The van der Waals surface area contributed by atoms with E-state index in [0.717, 1.165) is 0 Å². The quantitative estimate of drug-likeness (QED) is 0.547. The van der Waals surface area contributed by atoms with Crippen LogP contribution in [0.5, 0.6) is 0 Å². The van der Waals surface area contributed by atoms with Gasteiger partial charge in [-0.05, 0) is 13.8 Å². The van der Waals surface area contributed by atoms with Crippen molar-refractivity contribution < 1.29 is 14.6 Å². The molecule has 19 heavy (non-hydrogen) atoms. The molecule has 1 aliphatic rings. The van der Waals surface area contributed by atoms with Crippen LogP contribution in [0.2, 0.25) is 0 Å². The lowest BCUT2D eigenvalue weighted by Crippen LogP contribution is -1.95. The average molecular weight is 338 g/mol. The van der Waals surface area contributed by atoms with Crippen LogP contribution in [0.3, 0.4) is 0 Å². The standard InChI is InChI=1S/C6H12.C4H8O2.C2H6O.CHCl3/c1-2-4-6-5-3-1;1-3-6-4(2)5;1-2-3;2-1(3)4/h1-6H2;3H2,1-2H3;3H,2H2,1H3;1H. The van der Waals surface area contributed by atoms with E-state index in [1.54, 1.807) is 13.8 Å². The molecule has 0 unspecified atom stereocenters. The Hall–Kier alpha value is 0.300. The minimum Gasteiger partial charge on any atom is -0.466 e. The lowest BCUT2D eigenvalue weighted by atomic mass is 10.0. The van der Waals surface area contributed by atoms with E-state index in [1.807, 2.05) is 0 Å². The van der Waals surface area contributed by atoms with Crippen LogP contribution in [0, 0.1) is 0 Å². The maximum Gasteiger partial charge on any atom is 0.302 e. The predicted octanol–water partition coefficient (Wildman–Crippen LogP) is 4.90. The highest BCUT2D eigenvalue weighted by Gasteiger charge is 1.95. The zero-order valence-corrected chi connectivity index (χ0v) is 14.4. The first-order chi connectivity index (χ1) is 8.92. The Morgan fingerprint density at radius 1 is 1.05 bits per heavy atom. The van der Waals surface area contributed by atoms with Crippen LogP contribution in [-0.2, 0) is 9.53 Å². The van der Waals surface area contributed by atoms with Crippen LogP contribution >= 0.6 is 34.8 Å². The number of carbonyl (C=O) groups excluding carboxylic acids is 1. The van der Waals surface area contributed by atoms with Gasteiger partial charge in [0.1, 0.15) is 0 Å². The van der Waals surface area contributed by atoms with E-state index in [9.17, 15) is 4.79 Å². The molecule has 0 heterocycles. The number of esters is 1. The monoisotopic (exact) mass is 336 g/mol. The molecular formula is C13H27Cl3O3. The highest BCUT2D eigenvalue weighted by molar-refractivity contribution is 6.63. The zero-order valence-electron chi connectivity index (χ0n) is 12.1. The van der Waals surface area contributed by atoms with Crippen molar-refractivity contribution in [2.75, 3.05) is 13.2 Å². The first-order valence-corrected chi connectivity index (χ1v) is 7.89. The summed E-state index contributed by atoms with van der Waals surface area (Å²) in [6.45, 7) is 5.58. The highest BCUT2D eigenvalue weighted by atomic mass is 35.6. The molecule has 1 N–H and O–H groups in total. The summed E-state index contributed by atoms with van der Waals surface area (Å²) in [5.74, 6) is -0.211. The summed E-state index contributed by atoms with van der Waals surface area (Å²) in [5, 5.41) is 7.57. The van der Waals surface area contributed by atoms with Crippen LogP contribution in [-0.4, -0.2) is 28.6 Å². The normalized spacial score (nSPS) is 12.8. The van der Waals surface area contributed by atoms with Gasteiger partial charge in [-0.15, -0.1) is 0 Å². The van der Waals surface area contributed by atoms with Gasteiger partial charge in [-0.25, -0.2) is 0 Å². The Morgan fingerprint density at radius 3 is 1.32 bits per heavy atom. The van der Waals surface area contributed by atoms with Crippen molar-refractivity contribution in [3.63, 3.8) is 0 Å². The van der Waals surface area contributed by atoms with E-state index < -0.39 is 4.30 Å². The van der Waals surface area contributed by atoms with Crippen LogP contribution in [0.4, 0.5) is 0 Å². The fraction of sp³-hybridized carbons (Fsp3) is 0.923. The second-order valence-electron chi connectivity index (χ2n) is 3.61. The summed E-state index contributed by atoms with van der Waals surface area (Å²) in [6.07, 6.45) is 9.00. The lowest BCUT2D eigenvalue weighted by molar-refractivity contribution is -0.140. The minimum absolute atomic E-state index is 0.211. The van der Waals surface area contributed by atoms with E-state index >= 15 is 0 Å². The first-order valence-electron chi connectivity index (χ1n) is 6.58. The third kappa shape index (κ3) is 56.2. The third-order valence-corrected chi connectivity index (χ3v) is 1.85. The molecule has 0 aromatic heterocycles. The van der Waals surface area contributed by atoms with Gasteiger partial charge in [0, 0.05) is 13.5 Å². The summed E-state index contributed by atoms with van der Waals surface area (Å²) in [5.41, 5.74) is 0. The Labute approximate surface area is 132 Å². The van der Waals surface area contributed by atoms with Crippen molar-refractivity contribution in [1.82, 2.24) is 0 Å². The van der Waals surface area contributed by atoms with Crippen LogP contribution in [0.1, 0.15) is 59.3 Å². The number of halogens is 3. The molecule has 0 atom stereocenters. The maximum absolute atomic E-state index is 9.82. The van der Waals surface area contributed by atoms with Gasteiger partial charge in [0.2, 0.25) is 0 Å². The minimum atomic E-state index is -0.750.